The number of ether oxygens (including phenoxy) is 9. The van der Waals surface area contributed by atoms with Crippen LogP contribution in [0.4, 0.5) is 0 Å². The van der Waals surface area contributed by atoms with Crippen LogP contribution in [0.5, 0.6) is 11.5 Å². The van der Waals surface area contributed by atoms with Gasteiger partial charge in [0.05, 0.1) is 11.1 Å². The van der Waals surface area contributed by atoms with Crippen molar-refractivity contribution in [3.8, 4) is 22.6 Å². The van der Waals surface area contributed by atoms with Crippen LogP contribution in [0.2, 0.25) is 0 Å². The van der Waals surface area contributed by atoms with Crippen LogP contribution in [0.25, 0.3) is 11.1 Å². The molecule has 0 amide bonds. The number of rotatable bonds is 0. The van der Waals surface area contributed by atoms with Crippen LogP contribution < -0.4 is 4.74 Å². The number of hydrogen-bond donors (Lipinski definition) is 0. The van der Waals surface area contributed by atoms with E-state index in [0.29, 0.717) is 0 Å². The van der Waals surface area contributed by atoms with Gasteiger partial charge in [-0.15, -0.1) is 0 Å². The zero-order valence-electron chi connectivity index (χ0n) is 37.3. The van der Waals surface area contributed by atoms with Crippen LogP contribution >= 0.6 is 0 Å². The summed E-state index contributed by atoms with van der Waals surface area (Å²) in [6.07, 6.45) is 10.5. The third-order valence-electron chi connectivity index (χ3n) is 13.1. The van der Waals surface area contributed by atoms with Crippen LogP contribution in [0.15, 0.2) is 143 Å². The van der Waals surface area contributed by atoms with Gasteiger partial charge in [-0.2, -0.15) is 0 Å². The molecular formula is C53H58O9. The van der Waals surface area contributed by atoms with Gasteiger partial charge in [-0.3, -0.25) is 0 Å². The molecular weight excluding hydrogens is 781 g/mol. The molecule has 0 aromatic heterocycles. The highest BCUT2D eigenvalue weighted by atomic mass is 16.7. The quantitative estimate of drug-likeness (QED) is 0.172. The Morgan fingerprint density at radius 3 is 0.952 bits per heavy atom. The maximum absolute atomic E-state index is 6.13. The van der Waals surface area contributed by atoms with Crippen molar-refractivity contribution in [3.63, 3.8) is 0 Å². The number of benzene rings is 4. The first-order valence-corrected chi connectivity index (χ1v) is 22.1. The summed E-state index contributed by atoms with van der Waals surface area (Å²) in [6, 6.07) is 32.2. The lowest BCUT2D eigenvalue weighted by Gasteiger charge is -2.35. The number of hydrogen-bond acceptors (Lipinski definition) is 9. The molecule has 0 saturated heterocycles. The van der Waals surface area contributed by atoms with Crippen molar-refractivity contribution in [1.82, 2.24) is 0 Å². The normalized spacial score (nSPS) is 21.4. The topological polar surface area (TPSA) is 83.1 Å². The van der Waals surface area contributed by atoms with Crippen molar-refractivity contribution in [2.24, 2.45) is 0 Å². The van der Waals surface area contributed by atoms with Gasteiger partial charge in [0, 0.05) is 36.8 Å². The summed E-state index contributed by atoms with van der Waals surface area (Å²) < 4.78 is 53.4. The van der Waals surface area contributed by atoms with Crippen LogP contribution in [-0.4, -0.2) is 11.6 Å². The lowest BCUT2D eigenvalue weighted by Crippen LogP contribution is -2.33. The molecule has 5 heterocycles. The largest absolute Gasteiger partial charge is 0.456 e. The summed E-state index contributed by atoms with van der Waals surface area (Å²) in [6.45, 7) is 15.7. The lowest BCUT2D eigenvalue weighted by molar-refractivity contribution is -0.173. The SMILES string of the molecule is CC1=C(C)OC2(CCCC2)O1.CC1=C(C)OC2(CCCCC2)O1.CC1=C(C)OC2(O1)c1ccccc1-c1ccccc12.CC1=C(C)OC2(O1)c1ccccc1Oc1ccccc12. The van der Waals surface area contributed by atoms with Crippen LogP contribution in [-0.2, 0) is 49.5 Å². The molecule has 4 aromatic rings. The Labute approximate surface area is 365 Å². The maximum atomic E-state index is 6.13. The third-order valence-corrected chi connectivity index (χ3v) is 13.1. The zero-order valence-corrected chi connectivity index (χ0v) is 37.3. The first kappa shape index (κ1) is 41.4. The van der Waals surface area contributed by atoms with Gasteiger partial charge < -0.3 is 42.6 Å². The molecule has 8 aliphatic rings. The Morgan fingerprint density at radius 1 is 0.306 bits per heavy atom. The van der Waals surface area contributed by atoms with E-state index >= 15 is 0 Å². The first-order chi connectivity index (χ1) is 29.9. The summed E-state index contributed by atoms with van der Waals surface area (Å²) >= 11 is 0. The third kappa shape index (κ3) is 7.23. The van der Waals surface area contributed by atoms with E-state index < -0.39 is 11.6 Å². The second-order valence-corrected chi connectivity index (χ2v) is 17.3. The molecule has 0 atom stereocenters. The van der Waals surface area contributed by atoms with E-state index in [2.05, 4.69) is 36.4 Å². The van der Waals surface area contributed by atoms with Crippen molar-refractivity contribution in [3.05, 3.63) is 165 Å². The fraction of sp³-hybridized carbons (Fsp3) is 0.396. The molecule has 4 spiro atoms. The van der Waals surface area contributed by atoms with Crippen LogP contribution in [0.1, 0.15) is 135 Å². The Kier molecular flexibility index (Phi) is 10.7. The molecule has 0 unspecified atom stereocenters. The van der Waals surface area contributed by atoms with E-state index in [-0.39, 0.29) is 11.6 Å². The van der Waals surface area contributed by atoms with Gasteiger partial charge in [-0.25, -0.2) is 0 Å². The van der Waals surface area contributed by atoms with Crippen LogP contribution in [0.3, 0.4) is 0 Å². The van der Waals surface area contributed by atoms with Crippen molar-refractivity contribution in [2.45, 2.75) is 136 Å². The molecule has 324 valence electrons. The molecule has 3 aliphatic carbocycles. The molecule has 5 aliphatic heterocycles. The smallest absolute Gasteiger partial charge is 0.312 e. The summed E-state index contributed by atoms with van der Waals surface area (Å²) in [5.41, 5.74) is 6.37. The van der Waals surface area contributed by atoms with Gasteiger partial charge in [-0.1, -0.05) is 79.2 Å². The summed E-state index contributed by atoms with van der Waals surface area (Å²) in [7, 11) is 0. The molecule has 12 rings (SSSR count). The van der Waals surface area contributed by atoms with Gasteiger partial charge in [-0.05, 0) is 116 Å². The second-order valence-electron chi connectivity index (χ2n) is 17.3. The Balaban J connectivity index is 0.000000109. The van der Waals surface area contributed by atoms with Crippen LogP contribution in [0, 0.1) is 0 Å². The van der Waals surface area contributed by atoms with Crippen molar-refractivity contribution >= 4 is 0 Å². The van der Waals surface area contributed by atoms with E-state index in [1.165, 1.54) is 43.2 Å². The zero-order chi connectivity index (χ0) is 43.3. The monoisotopic (exact) mass is 838 g/mol. The highest BCUT2D eigenvalue weighted by Crippen LogP contribution is 2.56. The average molecular weight is 839 g/mol. The number of fused-ring (bicyclic) bond motifs is 9. The fourth-order valence-corrected chi connectivity index (χ4v) is 9.56. The summed E-state index contributed by atoms with van der Waals surface area (Å²) in [5.74, 6) is 6.53. The minimum Gasteiger partial charge on any atom is -0.456 e. The predicted molar refractivity (Wildman–Crippen MR) is 236 cm³/mol. The standard InChI is InChI=1S/C17H14O3.C17H14O2.C10H16O2.C9H14O2/c1-11-12(2)20-17(19-11)13-7-3-5-9-15(13)18-16-10-6-4-8-14(16)17;1-11-12(2)19-17(18-11)15-9-5-3-7-13(15)14-8-4-6-10-16(14)17;1-8-9(2)12-10(11-8)6-4-3-5-7-10;1-7-8(2)11-9(10-7)5-3-4-6-9/h3-10H,1-2H3;3-10H,1-2H3;3-7H2,1-2H3;3-6H2,1-2H3. The lowest BCUT2D eigenvalue weighted by atomic mass is 9.93. The second kappa shape index (κ2) is 16.1. The number of para-hydroxylation sites is 2. The molecule has 4 aromatic carbocycles. The minimum absolute atomic E-state index is 0.242. The maximum Gasteiger partial charge on any atom is 0.312 e. The highest BCUT2D eigenvalue weighted by Gasteiger charge is 2.52. The Morgan fingerprint density at radius 2 is 0.581 bits per heavy atom. The first-order valence-electron chi connectivity index (χ1n) is 22.1. The van der Waals surface area contributed by atoms with Crippen molar-refractivity contribution in [1.29, 1.82) is 0 Å². The predicted octanol–water partition coefficient (Wildman–Crippen LogP) is 14.0. The molecule has 0 N–H and O–H groups in total. The van der Waals surface area contributed by atoms with E-state index in [4.69, 9.17) is 42.6 Å². The van der Waals surface area contributed by atoms with E-state index in [1.807, 2.05) is 116 Å². The Hall–Kier alpha value is -5.96. The molecule has 62 heavy (non-hydrogen) atoms. The number of allylic oxidation sites excluding steroid dienone is 8. The molecule has 0 bridgehead atoms. The van der Waals surface area contributed by atoms with Gasteiger partial charge >= 0.3 is 11.6 Å². The molecule has 2 saturated carbocycles. The average Bonchev–Trinajstić information content (AvgIpc) is 4.10. The van der Waals surface area contributed by atoms with Crippen molar-refractivity contribution < 1.29 is 42.6 Å². The minimum atomic E-state index is -0.917. The summed E-state index contributed by atoms with van der Waals surface area (Å²) in [4.78, 5) is 0. The molecule has 0 radical (unpaired) electrons. The van der Waals surface area contributed by atoms with Gasteiger partial charge in [0.1, 0.15) is 57.6 Å². The molecule has 2 fully saturated rings. The van der Waals surface area contributed by atoms with E-state index in [1.54, 1.807) is 0 Å². The van der Waals surface area contributed by atoms with Gasteiger partial charge in [0.25, 0.3) is 11.6 Å². The van der Waals surface area contributed by atoms with Gasteiger partial charge in [0.15, 0.2) is 0 Å². The Bertz CT molecular complexity index is 2340. The summed E-state index contributed by atoms with van der Waals surface area (Å²) in [5, 5.41) is 0. The fourth-order valence-electron chi connectivity index (χ4n) is 9.56. The molecule has 9 heteroatoms. The van der Waals surface area contributed by atoms with Gasteiger partial charge in [0.2, 0.25) is 0 Å². The van der Waals surface area contributed by atoms with E-state index in [0.717, 1.165) is 106 Å². The molecule has 9 nitrogen and oxygen atoms in total. The highest BCUT2D eigenvalue weighted by molar-refractivity contribution is 5.79. The van der Waals surface area contributed by atoms with Crippen molar-refractivity contribution in [2.75, 3.05) is 0 Å². The van der Waals surface area contributed by atoms with E-state index in [9.17, 15) is 0 Å².